The number of anilines is 2. The summed E-state index contributed by atoms with van der Waals surface area (Å²) in [6.07, 6.45) is 9.01. The molecule has 4 aromatic rings. The topological polar surface area (TPSA) is 148 Å². The second-order valence-electron chi connectivity index (χ2n) is 8.44. The highest BCUT2D eigenvalue weighted by Gasteiger charge is 2.31. The van der Waals surface area contributed by atoms with Gasteiger partial charge in [-0.15, -0.1) is 10.2 Å². The van der Waals surface area contributed by atoms with Crippen molar-refractivity contribution in [2.75, 3.05) is 36.1 Å². The minimum atomic E-state index is -0.705. The van der Waals surface area contributed by atoms with Crippen LogP contribution in [0.1, 0.15) is 10.4 Å². The molecule has 0 radical (unpaired) electrons. The zero-order valence-electron chi connectivity index (χ0n) is 19.5. The largest absolute Gasteiger partial charge is 0.506 e. The SMILES string of the molecule is O=C(C(=O)N1CCN(c2nncn2-c2ccccc2)CC1)c1c[nH]c2c(N3C=CN=CN3)ncc(O)c12. The molecule has 1 amide bonds. The number of fused-ring (bicyclic) bond motifs is 1. The van der Waals surface area contributed by atoms with Crippen molar-refractivity contribution in [1.82, 2.24) is 35.1 Å². The number of aromatic hydroxyl groups is 1. The normalized spacial score (nSPS) is 15.3. The fourth-order valence-electron chi connectivity index (χ4n) is 4.48. The zero-order chi connectivity index (χ0) is 25.4. The van der Waals surface area contributed by atoms with Crippen LogP contribution in [0.25, 0.3) is 16.6 Å². The first-order valence-corrected chi connectivity index (χ1v) is 11.6. The number of hydrogen-bond acceptors (Lipinski definition) is 10. The lowest BCUT2D eigenvalue weighted by molar-refractivity contribution is -0.126. The van der Waals surface area contributed by atoms with E-state index in [0.717, 1.165) is 5.69 Å². The lowest BCUT2D eigenvalue weighted by atomic mass is 10.1. The molecule has 3 N–H and O–H groups in total. The summed E-state index contributed by atoms with van der Waals surface area (Å²) in [5, 5.41) is 20.6. The Morgan fingerprint density at radius 1 is 1.05 bits per heavy atom. The molecule has 1 fully saturated rings. The van der Waals surface area contributed by atoms with E-state index >= 15 is 0 Å². The molecule has 3 aromatic heterocycles. The quantitative estimate of drug-likeness (QED) is 0.273. The number of aromatic amines is 1. The molecular weight excluding hydrogens is 476 g/mol. The number of para-hydroxylation sites is 1. The van der Waals surface area contributed by atoms with Crippen LogP contribution < -0.4 is 15.3 Å². The van der Waals surface area contributed by atoms with E-state index < -0.39 is 11.7 Å². The van der Waals surface area contributed by atoms with Gasteiger partial charge in [0.2, 0.25) is 5.95 Å². The highest BCUT2D eigenvalue weighted by Crippen LogP contribution is 2.33. The summed E-state index contributed by atoms with van der Waals surface area (Å²) in [4.78, 5) is 41.2. The third-order valence-corrected chi connectivity index (χ3v) is 6.32. The van der Waals surface area contributed by atoms with E-state index in [9.17, 15) is 14.7 Å². The maximum absolute atomic E-state index is 13.3. The highest BCUT2D eigenvalue weighted by molar-refractivity contribution is 6.45. The first-order valence-electron chi connectivity index (χ1n) is 11.6. The number of amides is 1. The van der Waals surface area contributed by atoms with Gasteiger partial charge in [0, 0.05) is 44.8 Å². The van der Waals surface area contributed by atoms with E-state index in [1.54, 1.807) is 23.7 Å². The van der Waals surface area contributed by atoms with Gasteiger partial charge in [0.25, 0.3) is 11.7 Å². The van der Waals surface area contributed by atoms with Gasteiger partial charge in [0.05, 0.1) is 28.4 Å². The number of aliphatic imine (C=N–C) groups is 1. The molecule has 0 saturated carbocycles. The Morgan fingerprint density at radius 3 is 2.62 bits per heavy atom. The average Bonchev–Trinajstić information content (AvgIpc) is 3.62. The van der Waals surface area contributed by atoms with Crippen molar-refractivity contribution in [1.29, 1.82) is 0 Å². The first-order chi connectivity index (χ1) is 18.1. The molecule has 2 aliphatic heterocycles. The third kappa shape index (κ3) is 3.91. The maximum Gasteiger partial charge on any atom is 0.295 e. The Labute approximate surface area is 210 Å². The first kappa shape index (κ1) is 22.3. The Bertz CT molecular complexity index is 1530. The van der Waals surface area contributed by atoms with Crippen molar-refractivity contribution in [2.24, 2.45) is 4.99 Å². The molecule has 0 atom stereocenters. The molecule has 0 spiro atoms. The van der Waals surface area contributed by atoms with E-state index in [4.69, 9.17) is 0 Å². The number of rotatable bonds is 5. The van der Waals surface area contributed by atoms with Crippen LogP contribution in [0.15, 0.2) is 66.4 Å². The van der Waals surface area contributed by atoms with Gasteiger partial charge in [-0.05, 0) is 12.1 Å². The van der Waals surface area contributed by atoms with Gasteiger partial charge in [-0.2, -0.15) is 0 Å². The van der Waals surface area contributed by atoms with Gasteiger partial charge in [-0.3, -0.25) is 19.6 Å². The third-order valence-electron chi connectivity index (χ3n) is 6.32. The molecule has 0 unspecified atom stereocenters. The molecule has 1 aromatic carbocycles. The Morgan fingerprint density at radius 2 is 1.86 bits per heavy atom. The molecule has 0 bridgehead atoms. The van der Waals surface area contributed by atoms with Gasteiger partial charge in [0.15, 0.2) is 5.82 Å². The van der Waals surface area contributed by atoms with Crippen LogP contribution in [0.3, 0.4) is 0 Å². The predicted molar refractivity (Wildman–Crippen MR) is 135 cm³/mol. The molecule has 0 aliphatic carbocycles. The van der Waals surface area contributed by atoms with E-state index in [2.05, 4.69) is 30.6 Å². The van der Waals surface area contributed by atoms with Crippen LogP contribution in [-0.2, 0) is 4.79 Å². The lowest BCUT2D eigenvalue weighted by Crippen LogP contribution is -2.51. The smallest absolute Gasteiger partial charge is 0.295 e. The fourth-order valence-corrected chi connectivity index (χ4v) is 4.48. The summed E-state index contributed by atoms with van der Waals surface area (Å²) in [5.74, 6) is -0.445. The van der Waals surface area contributed by atoms with Crippen LogP contribution in [0.5, 0.6) is 5.75 Å². The lowest BCUT2D eigenvalue weighted by Gasteiger charge is -2.34. The summed E-state index contributed by atoms with van der Waals surface area (Å²) >= 11 is 0. The van der Waals surface area contributed by atoms with Gasteiger partial charge >= 0.3 is 0 Å². The molecule has 5 heterocycles. The zero-order valence-corrected chi connectivity index (χ0v) is 19.5. The summed E-state index contributed by atoms with van der Waals surface area (Å²) in [7, 11) is 0. The van der Waals surface area contributed by atoms with Crippen molar-refractivity contribution in [3.63, 3.8) is 0 Å². The van der Waals surface area contributed by atoms with Gasteiger partial charge < -0.3 is 19.9 Å². The summed E-state index contributed by atoms with van der Waals surface area (Å²) < 4.78 is 1.89. The number of hydrazine groups is 1. The number of pyridine rings is 1. The molecule has 13 heteroatoms. The van der Waals surface area contributed by atoms with Crippen LogP contribution in [0, 0.1) is 0 Å². The molecule has 2 aliphatic rings. The summed E-state index contributed by atoms with van der Waals surface area (Å²) in [6.45, 7) is 1.67. The molecule has 186 valence electrons. The van der Waals surface area contributed by atoms with Gasteiger partial charge in [-0.25, -0.2) is 15.0 Å². The predicted octanol–water partition coefficient (Wildman–Crippen LogP) is 1.20. The van der Waals surface area contributed by atoms with Crippen molar-refractivity contribution in [2.45, 2.75) is 0 Å². The van der Waals surface area contributed by atoms with Crippen LogP contribution in [0.2, 0.25) is 0 Å². The number of H-pyrrole nitrogens is 1. The molecule has 6 rings (SSSR count). The second kappa shape index (κ2) is 9.11. The number of carbonyl (C=O) groups excluding carboxylic acids is 2. The van der Waals surface area contributed by atoms with Crippen LogP contribution in [-0.4, -0.2) is 78.9 Å². The van der Waals surface area contributed by atoms with E-state index in [1.165, 1.54) is 23.6 Å². The number of piperazine rings is 1. The minimum absolute atomic E-state index is 0.0852. The van der Waals surface area contributed by atoms with E-state index in [1.807, 2.05) is 39.8 Å². The van der Waals surface area contributed by atoms with Crippen LogP contribution in [0.4, 0.5) is 11.8 Å². The number of benzene rings is 1. The van der Waals surface area contributed by atoms with E-state index in [0.29, 0.717) is 43.5 Å². The Kier molecular flexibility index (Phi) is 5.48. The Balaban J connectivity index is 1.19. The fraction of sp³-hybridized carbons (Fsp3) is 0.167. The molecule has 1 saturated heterocycles. The summed E-state index contributed by atoms with van der Waals surface area (Å²) in [6, 6.07) is 9.76. The number of carbonyl (C=O) groups is 2. The summed E-state index contributed by atoms with van der Waals surface area (Å²) in [5.41, 5.74) is 4.34. The van der Waals surface area contributed by atoms with Gasteiger partial charge in [0.1, 0.15) is 18.4 Å². The van der Waals surface area contributed by atoms with Crippen molar-refractivity contribution in [3.8, 4) is 11.4 Å². The van der Waals surface area contributed by atoms with Crippen molar-refractivity contribution in [3.05, 3.63) is 67.0 Å². The number of aromatic nitrogens is 5. The van der Waals surface area contributed by atoms with E-state index in [-0.39, 0.29) is 16.7 Å². The molecule has 37 heavy (non-hydrogen) atoms. The Hall–Kier alpha value is -5.20. The standard InChI is InChI=1S/C24H22N10O3/c35-18-13-27-22(34-7-6-25-14-29-34)20-19(18)17(12-26-20)21(36)23(37)31-8-10-32(11-9-31)24-30-28-15-33(24)16-4-2-1-3-5-16/h1-7,12-15,26,35H,8-11H2,(H,25,29). The van der Waals surface area contributed by atoms with Crippen molar-refractivity contribution < 1.29 is 14.7 Å². The minimum Gasteiger partial charge on any atom is -0.506 e. The average molecular weight is 499 g/mol. The maximum atomic E-state index is 13.3. The molecular formula is C24H22N10O3. The number of Topliss-reactive ketones (excluding diaryl/α,β-unsaturated/α-hetero) is 1. The van der Waals surface area contributed by atoms with Crippen molar-refractivity contribution >= 4 is 40.7 Å². The number of ketones is 1. The number of nitrogens with one attached hydrogen (secondary N) is 2. The monoisotopic (exact) mass is 498 g/mol. The van der Waals surface area contributed by atoms with Crippen LogP contribution >= 0.6 is 0 Å². The molecule has 13 nitrogen and oxygen atoms in total. The number of hydrogen-bond donors (Lipinski definition) is 3. The van der Waals surface area contributed by atoms with Gasteiger partial charge in [-0.1, -0.05) is 18.2 Å². The second-order valence-corrected chi connectivity index (χ2v) is 8.44. The highest BCUT2D eigenvalue weighted by atomic mass is 16.3. The number of nitrogens with zero attached hydrogens (tertiary/aromatic N) is 8.